The Morgan fingerprint density at radius 3 is 2.85 bits per heavy atom. The third-order valence-corrected chi connectivity index (χ3v) is 1.72. The van der Waals surface area contributed by atoms with Gasteiger partial charge in [0.1, 0.15) is 5.82 Å². The number of rotatable bonds is 3. The molecule has 70 valence electrons. The van der Waals surface area contributed by atoms with E-state index in [0.717, 1.165) is 11.4 Å². The highest BCUT2D eigenvalue weighted by Crippen LogP contribution is 2.13. The molecule has 0 radical (unpaired) electrons. The summed E-state index contributed by atoms with van der Waals surface area (Å²) in [6.45, 7) is 3.60. The molecule has 13 heavy (non-hydrogen) atoms. The van der Waals surface area contributed by atoms with E-state index in [0.29, 0.717) is 6.42 Å². The average Bonchev–Trinajstić information content (AvgIpc) is 2.01. The van der Waals surface area contributed by atoms with Gasteiger partial charge in [0, 0.05) is 12.6 Å². The van der Waals surface area contributed by atoms with E-state index < -0.39 is 5.60 Å². The number of hydrogen-bond donors (Lipinski definition) is 2. The van der Waals surface area contributed by atoms with Crippen molar-refractivity contribution >= 4 is 13.8 Å². The lowest BCUT2D eigenvalue weighted by molar-refractivity contribution is 0.0810. The second-order valence-corrected chi connectivity index (χ2v) is 3.79. The Balaban J connectivity index is 2.78. The van der Waals surface area contributed by atoms with E-state index in [2.05, 4.69) is 10.2 Å². The van der Waals surface area contributed by atoms with E-state index >= 15 is 0 Å². The fourth-order valence-electron chi connectivity index (χ4n) is 1.22. The predicted octanol–water partition coefficient (Wildman–Crippen LogP) is 0.355. The van der Waals surface area contributed by atoms with Crippen LogP contribution in [0.5, 0.6) is 0 Å². The number of nitrogens with one attached hydrogen (secondary N) is 1. The van der Waals surface area contributed by atoms with Crippen molar-refractivity contribution in [1.29, 1.82) is 0 Å². The van der Waals surface area contributed by atoms with Gasteiger partial charge in [-0.15, -0.1) is 0 Å². The van der Waals surface area contributed by atoms with Gasteiger partial charge in [-0.05, 0) is 31.5 Å². The summed E-state index contributed by atoms with van der Waals surface area (Å²) >= 11 is 0. The van der Waals surface area contributed by atoms with Crippen LogP contribution in [0.15, 0.2) is 18.3 Å². The van der Waals surface area contributed by atoms with Gasteiger partial charge in [0.15, 0.2) is 0 Å². The molecule has 0 spiro atoms. The van der Waals surface area contributed by atoms with Crippen molar-refractivity contribution in [1.82, 2.24) is 4.98 Å². The van der Waals surface area contributed by atoms with Crippen LogP contribution in [0, 0.1) is 0 Å². The largest absolute Gasteiger partial charge is 0.420 e. The van der Waals surface area contributed by atoms with E-state index in [4.69, 9.17) is 0 Å². The first kappa shape index (κ1) is 10.1. The Kier molecular flexibility index (Phi) is 2.93. The molecule has 0 fully saturated rings. The van der Waals surface area contributed by atoms with Crippen molar-refractivity contribution in [2.24, 2.45) is 0 Å². The summed E-state index contributed by atoms with van der Waals surface area (Å²) in [5.41, 5.74) is 0.429. The summed E-state index contributed by atoms with van der Waals surface area (Å²) in [6, 6.07) is 3.86. The molecular weight excluding hydrogens is 163 g/mol. The summed E-state index contributed by atoms with van der Waals surface area (Å²) in [5.74, 6) is 0.835. The van der Waals surface area contributed by atoms with Gasteiger partial charge in [-0.25, -0.2) is 4.98 Å². The zero-order valence-electron chi connectivity index (χ0n) is 8.33. The molecule has 1 heterocycles. The van der Waals surface area contributed by atoms with Crippen LogP contribution >= 0.6 is 0 Å². The summed E-state index contributed by atoms with van der Waals surface area (Å²) in [7, 11) is 1.83. The van der Waals surface area contributed by atoms with E-state index in [1.165, 1.54) is 0 Å². The van der Waals surface area contributed by atoms with Crippen LogP contribution in [-0.2, 0) is 6.42 Å². The molecule has 0 saturated carbocycles. The van der Waals surface area contributed by atoms with Crippen LogP contribution in [0.25, 0.3) is 0 Å². The summed E-state index contributed by atoms with van der Waals surface area (Å²) in [4.78, 5) is 4.10. The minimum absolute atomic E-state index is 0.643. The molecule has 2 N–H and O–H groups in total. The minimum atomic E-state index is -0.660. The van der Waals surface area contributed by atoms with Crippen LogP contribution in [0.3, 0.4) is 0 Å². The van der Waals surface area contributed by atoms with E-state index in [1.807, 2.05) is 20.1 Å². The van der Waals surface area contributed by atoms with Crippen molar-refractivity contribution in [3.63, 3.8) is 0 Å². The van der Waals surface area contributed by atoms with E-state index in [-0.39, 0.29) is 0 Å². The number of nitrogens with zero attached hydrogens (tertiary/aromatic N) is 1. The molecule has 4 heteroatoms. The Labute approximate surface area is 79.6 Å². The lowest BCUT2D eigenvalue weighted by atomic mass is 9.99. The molecule has 0 saturated heterocycles. The lowest BCUT2D eigenvalue weighted by Gasteiger charge is -2.17. The molecule has 0 aliphatic heterocycles. The molecule has 0 bridgehead atoms. The minimum Gasteiger partial charge on any atom is -0.420 e. The monoisotopic (exact) mass is 178 g/mol. The second-order valence-electron chi connectivity index (χ2n) is 3.79. The SMILES string of the molecule is BNc1cc(CC(C)(C)O)ccn1. The van der Waals surface area contributed by atoms with Crippen molar-refractivity contribution in [2.45, 2.75) is 25.9 Å². The van der Waals surface area contributed by atoms with E-state index in [9.17, 15) is 5.11 Å². The smallest absolute Gasteiger partial charge is 0.215 e. The highest BCUT2D eigenvalue weighted by molar-refractivity contribution is 6.15. The molecule has 0 amide bonds. The fraction of sp³-hybridized carbons (Fsp3) is 0.444. The molecule has 3 nitrogen and oxygen atoms in total. The molecule has 1 aromatic rings. The van der Waals surface area contributed by atoms with Gasteiger partial charge in [-0.3, -0.25) is 0 Å². The van der Waals surface area contributed by atoms with Crippen molar-refractivity contribution in [3.05, 3.63) is 23.9 Å². The number of pyridine rings is 1. The first-order chi connectivity index (χ1) is 6.01. The van der Waals surface area contributed by atoms with Crippen molar-refractivity contribution < 1.29 is 5.11 Å². The maximum Gasteiger partial charge on any atom is 0.215 e. The third-order valence-electron chi connectivity index (χ3n) is 1.72. The molecule has 0 aromatic carbocycles. The zero-order chi connectivity index (χ0) is 9.90. The van der Waals surface area contributed by atoms with Crippen LogP contribution in [0.1, 0.15) is 19.4 Å². The Morgan fingerprint density at radius 2 is 2.31 bits per heavy atom. The molecule has 0 aliphatic rings. The van der Waals surface area contributed by atoms with E-state index in [1.54, 1.807) is 20.0 Å². The highest BCUT2D eigenvalue weighted by Gasteiger charge is 2.13. The Hall–Kier alpha value is -1.03. The summed E-state index contributed by atoms with van der Waals surface area (Å²) < 4.78 is 0. The number of aliphatic hydroxyl groups is 1. The number of anilines is 1. The summed E-state index contributed by atoms with van der Waals surface area (Å²) in [5, 5.41) is 12.6. The normalized spacial score (nSPS) is 11.3. The van der Waals surface area contributed by atoms with Gasteiger partial charge in [0.25, 0.3) is 0 Å². The Bertz CT molecular complexity index is 283. The first-order valence-corrected chi connectivity index (χ1v) is 4.36. The molecule has 0 unspecified atom stereocenters. The fourth-order valence-corrected chi connectivity index (χ4v) is 1.22. The first-order valence-electron chi connectivity index (χ1n) is 4.36. The second kappa shape index (κ2) is 3.79. The molecule has 1 aromatic heterocycles. The maximum absolute atomic E-state index is 9.59. The standard InChI is InChI=1S/C9H15BN2O/c1-9(2,13)6-7-3-4-11-8(5-7)12-10/h3-5,13H,6,10H2,1-2H3,(H,11,12). The van der Waals surface area contributed by atoms with Crippen LogP contribution < -0.4 is 5.23 Å². The number of hydrogen-bond acceptors (Lipinski definition) is 3. The quantitative estimate of drug-likeness (QED) is 0.656. The van der Waals surface area contributed by atoms with Gasteiger partial charge in [0.05, 0.1) is 5.60 Å². The van der Waals surface area contributed by atoms with Gasteiger partial charge < -0.3 is 10.3 Å². The summed E-state index contributed by atoms with van der Waals surface area (Å²) in [6.07, 6.45) is 2.39. The maximum atomic E-state index is 9.59. The molecule has 0 aliphatic carbocycles. The third kappa shape index (κ3) is 3.46. The van der Waals surface area contributed by atoms with Crippen LogP contribution in [0.2, 0.25) is 0 Å². The predicted molar refractivity (Wildman–Crippen MR) is 56.4 cm³/mol. The van der Waals surface area contributed by atoms with Crippen molar-refractivity contribution in [3.8, 4) is 0 Å². The van der Waals surface area contributed by atoms with Crippen molar-refractivity contribution in [2.75, 3.05) is 5.23 Å². The average molecular weight is 178 g/mol. The van der Waals surface area contributed by atoms with Crippen LogP contribution in [-0.4, -0.2) is 23.7 Å². The van der Waals surface area contributed by atoms with Gasteiger partial charge >= 0.3 is 0 Å². The van der Waals surface area contributed by atoms with Gasteiger partial charge in [-0.2, -0.15) is 0 Å². The molecule has 0 atom stereocenters. The number of aromatic nitrogens is 1. The lowest BCUT2D eigenvalue weighted by Crippen LogP contribution is -2.21. The zero-order valence-corrected chi connectivity index (χ0v) is 8.33. The van der Waals surface area contributed by atoms with Crippen LogP contribution in [0.4, 0.5) is 5.82 Å². The topological polar surface area (TPSA) is 45.1 Å². The van der Waals surface area contributed by atoms with Gasteiger partial charge in [0.2, 0.25) is 7.98 Å². The Morgan fingerprint density at radius 1 is 1.62 bits per heavy atom. The highest BCUT2D eigenvalue weighted by atomic mass is 16.3. The molecular formula is C9H15BN2O. The van der Waals surface area contributed by atoms with Gasteiger partial charge in [-0.1, -0.05) is 0 Å². The molecule has 1 rings (SSSR count).